The summed E-state index contributed by atoms with van der Waals surface area (Å²) in [5, 5.41) is 11.9. The van der Waals surface area contributed by atoms with Crippen LogP contribution in [0.3, 0.4) is 0 Å². The second kappa shape index (κ2) is 6.23. The Balaban J connectivity index is 2.52. The van der Waals surface area contributed by atoms with E-state index in [0.717, 1.165) is 6.42 Å². The Morgan fingerprint density at radius 3 is 3.00 bits per heavy atom. The van der Waals surface area contributed by atoms with Gasteiger partial charge in [0.1, 0.15) is 17.6 Å². The summed E-state index contributed by atoms with van der Waals surface area (Å²) in [5.41, 5.74) is 0.399. The topological polar surface area (TPSA) is 65.8 Å². The van der Waals surface area contributed by atoms with E-state index in [1.54, 1.807) is 18.4 Å². The fraction of sp³-hybridized carbons (Fsp3) is 0.455. The SMILES string of the molecule is CC(CCS(C)=O)Nc1cccc(C#N)n1. The number of anilines is 1. The lowest BCUT2D eigenvalue weighted by Gasteiger charge is -2.13. The van der Waals surface area contributed by atoms with E-state index < -0.39 is 10.8 Å². The lowest BCUT2D eigenvalue weighted by atomic mass is 10.2. The molecular weight excluding hydrogens is 222 g/mol. The summed E-state index contributed by atoms with van der Waals surface area (Å²) in [6, 6.07) is 7.46. The van der Waals surface area contributed by atoms with Crippen LogP contribution in [0.1, 0.15) is 19.0 Å². The Bertz CT molecular complexity index is 414. The van der Waals surface area contributed by atoms with Crippen molar-refractivity contribution in [2.45, 2.75) is 19.4 Å². The van der Waals surface area contributed by atoms with Crippen LogP contribution in [0.5, 0.6) is 0 Å². The number of hydrogen-bond acceptors (Lipinski definition) is 4. The highest BCUT2D eigenvalue weighted by Gasteiger charge is 2.04. The Hall–Kier alpha value is -1.41. The molecule has 5 heteroatoms. The van der Waals surface area contributed by atoms with Crippen LogP contribution in [0, 0.1) is 11.3 Å². The zero-order valence-electron chi connectivity index (χ0n) is 9.43. The maximum Gasteiger partial charge on any atom is 0.142 e. The summed E-state index contributed by atoms with van der Waals surface area (Å²) < 4.78 is 10.9. The lowest BCUT2D eigenvalue weighted by molar-refractivity contribution is 0.678. The number of rotatable bonds is 5. The van der Waals surface area contributed by atoms with Gasteiger partial charge in [0.25, 0.3) is 0 Å². The molecule has 1 rings (SSSR count). The van der Waals surface area contributed by atoms with E-state index in [-0.39, 0.29) is 6.04 Å². The van der Waals surface area contributed by atoms with E-state index >= 15 is 0 Å². The van der Waals surface area contributed by atoms with Gasteiger partial charge in [-0.2, -0.15) is 5.26 Å². The molecule has 0 aliphatic carbocycles. The largest absolute Gasteiger partial charge is 0.368 e. The lowest BCUT2D eigenvalue weighted by Crippen LogP contribution is -2.18. The van der Waals surface area contributed by atoms with E-state index in [9.17, 15) is 4.21 Å². The fourth-order valence-electron chi connectivity index (χ4n) is 1.24. The first-order valence-electron chi connectivity index (χ1n) is 5.05. The average molecular weight is 237 g/mol. The van der Waals surface area contributed by atoms with Gasteiger partial charge in [-0.1, -0.05) is 6.07 Å². The van der Waals surface area contributed by atoms with Gasteiger partial charge in [0.05, 0.1) is 0 Å². The molecule has 0 spiro atoms. The van der Waals surface area contributed by atoms with Crippen LogP contribution in [-0.2, 0) is 10.8 Å². The number of nitriles is 1. The highest BCUT2D eigenvalue weighted by atomic mass is 32.2. The second-order valence-corrected chi connectivity index (χ2v) is 5.19. The second-order valence-electron chi connectivity index (χ2n) is 3.63. The molecule has 4 nitrogen and oxygen atoms in total. The van der Waals surface area contributed by atoms with Crippen molar-refractivity contribution in [2.75, 3.05) is 17.3 Å². The molecule has 0 radical (unpaired) electrons. The van der Waals surface area contributed by atoms with E-state index in [4.69, 9.17) is 5.26 Å². The van der Waals surface area contributed by atoms with Gasteiger partial charge in [-0.3, -0.25) is 4.21 Å². The first kappa shape index (κ1) is 12.7. The molecule has 0 saturated heterocycles. The van der Waals surface area contributed by atoms with E-state index in [2.05, 4.69) is 10.3 Å². The van der Waals surface area contributed by atoms with E-state index in [1.807, 2.05) is 19.1 Å². The molecule has 0 fully saturated rings. The molecule has 0 amide bonds. The van der Waals surface area contributed by atoms with Gasteiger partial charge in [-0.05, 0) is 25.5 Å². The molecule has 0 aliphatic rings. The highest BCUT2D eigenvalue weighted by Crippen LogP contribution is 2.07. The van der Waals surface area contributed by atoms with Gasteiger partial charge in [0, 0.05) is 28.9 Å². The molecule has 0 bridgehead atoms. The minimum absolute atomic E-state index is 0.199. The van der Waals surface area contributed by atoms with Gasteiger partial charge < -0.3 is 5.32 Å². The molecule has 0 saturated carbocycles. The average Bonchev–Trinajstić information content (AvgIpc) is 2.26. The molecule has 2 unspecified atom stereocenters. The van der Waals surface area contributed by atoms with Gasteiger partial charge >= 0.3 is 0 Å². The van der Waals surface area contributed by atoms with Crippen molar-refractivity contribution in [1.29, 1.82) is 5.26 Å². The highest BCUT2D eigenvalue weighted by molar-refractivity contribution is 7.84. The van der Waals surface area contributed by atoms with Crippen LogP contribution in [0.25, 0.3) is 0 Å². The van der Waals surface area contributed by atoms with Gasteiger partial charge in [-0.15, -0.1) is 0 Å². The number of pyridine rings is 1. The third-order valence-electron chi connectivity index (χ3n) is 2.10. The normalized spacial score (nSPS) is 13.8. The molecule has 16 heavy (non-hydrogen) atoms. The molecule has 1 heterocycles. The summed E-state index contributed by atoms with van der Waals surface area (Å²) in [7, 11) is -0.763. The summed E-state index contributed by atoms with van der Waals surface area (Å²) >= 11 is 0. The smallest absolute Gasteiger partial charge is 0.142 e. The Morgan fingerprint density at radius 1 is 1.62 bits per heavy atom. The molecule has 0 aliphatic heterocycles. The third kappa shape index (κ3) is 4.41. The predicted molar refractivity (Wildman–Crippen MR) is 65.6 cm³/mol. The minimum Gasteiger partial charge on any atom is -0.368 e. The maximum atomic E-state index is 10.9. The molecule has 86 valence electrons. The standard InChI is InChI=1S/C11H15N3OS/c1-9(6-7-16(2)15)13-11-5-3-4-10(8-12)14-11/h3-5,9H,6-7H2,1-2H3,(H,13,14). The monoisotopic (exact) mass is 237 g/mol. The third-order valence-corrected chi connectivity index (χ3v) is 2.91. The Morgan fingerprint density at radius 2 is 2.38 bits per heavy atom. The summed E-state index contributed by atoms with van der Waals surface area (Å²) in [4.78, 5) is 4.11. The van der Waals surface area contributed by atoms with Gasteiger partial charge in [-0.25, -0.2) is 4.98 Å². The zero-order valence-corrected chi connectivity index (χ0v) is 10.3. The Kier molecular flexibility index (Phi) is 4.93. The molecule has 0 aromatic carbocycles. The van der Waals surface area contributed by atoms with Crippen LogP contribution >= 0.6 is 0 Å². The summed E-state index contributed by atoms with van der Waals surface area (Å²) in [5.74, 6) is 1.36. The van der Waals surface area contributed by atoms with E-state index in [0.29, 0.717) is 17.3 Å². The van der Waals surface area contributed by atoms with E-state index in [1.165, 1.54) is 0 Å². The van der Waals surface area contributed by atoms with Crippen molar-refractivity contribution < 1.29 is 4.21 Å². The van der Waals surface area contributed by atoms with Crippen LogP contribution in [0.15, 0.2) is 18.2 Å². The number of nitrogens with zero attached hydrogens (tertiary/aromatic N) is 2. The molecule has 1 N–H and O–H groups in total. The molecule has 1 aromatic rings. The van der Waals surface area contributed by atoms with Crippen molar-refractivity contribution >= 4 is 16.6 Å². The number of hydrogen-bond donors (Lipinski definition) is 1. The van der Waals surface area contributed by atoms with Crippen LogP contribution in [0.4, 0.5) is 5.82 Å². The molecular formula is C11H15N3OS. The van der Waals surface area contributed by atoms with Crippen LogP contribution in [-0.4, -0.2) is 27.2 Å². The maximum absolute atomic E-state index is 10.9. The molecule has 1 aromatic heterocycles. The Labute approximate surface area is 98.2 Å². The zero-order chi connectivity index (χ0) is 12.0. The molecule has 2 atom stereocenters. The van der Waals surface area contributed by atoms with Gasteiger partial charge in [0.2, 0.25) is 0 Å². The van der Waals surface area contributed by atoms with Crippen molar-refractivity contribution in [3.8, 4) is 6.07 Å². The van der Waals surface area contributed by atoms with Gasteiger partial charge in [0.15, 0.2) is 0 Å². The summed E-state index contributed by atoms with van der Waals surface area (Å²) in [6.45, 7) is 2.01. The fourth-order valence-corrected chi connectivity index (χ4v) is 1.93. The van der Waals surface area contributed by atoms with Crippen molar-refractivity contribution in [2.24, 2.45) is 0 Å². The van der Waals surface area contributed by atoms with Crippen LogP contribution < -0.4 is 5.32 Å². The predicted octanol–water partition coefficient (Wildman–Crippen LogP) is 1.52. The number of nitrogens with one attached hydrogen (secondary N) is 1. The number of aromatic nitrogens is 1. The van der Waals surface area contributed by atoms with Crippen LogP contribution in [0.2, 0.25) is 0 Å². The van der Waals surface area contributed by atoms with Crippen molar-refractivity contribution in [3.63, 3.8) is 0 Å². The summed E-state index contributed by atoms with van der Waals surface area (Å²) in [6.07, 6.45) is 2.52. The first-order valence-corrected chi connectivity index (χ1v) is 6.78. The quantitative estimate of drug-likeness (QED) is 0.843. The van der Waals surface area contributed by atoms with Crippen molar-refractivity contribution in [1.82, 2.24) is 4.98 Å². The minimum atomic E-state index is -0.763. The first-order chi connectivity index (χ1) is 7.61. The van der Waals surface area contributed by atoms with Crippen molar-refractivity contribution in [3.05, 3.63) is 23.9 Å².